The first-order valence-electron chi connectivity index (χ1n) is 20.0. The van der Waals surface area contributed by atoms with Crippen LogP contribution < -0.4 is 26.6 Å². The molecule has 0 aromatic heterocycles. The van der Waals surface area contributed by atoms with Crippen LogP contribution >= 0.6 is 0 Å². The Kier molecular flexibility index (Phi) is 25.6. The number of aliphatic carboxylic acids is 2. The molecular formula is C40H63N5O14. The van der Waals surface area contributed by atoms with E-state index in [9.17, 15) is 53.7 Å². The highest BCUT2D eigenvalue weighted by Gasteiger charge is 2.40. The molecule has 1 rings (SSSR count). The van der Waals surface area contributed by atoms with Gasteiger partial charge < -0.3 is 56.5 Å². The fourth-order valence-electron chi connectivity index (χ4n) is 5.91. The molecule has 1 aliphatic rings. The lowest BCUT2D eigenvalue weighted by Crippen LogP contribution is -2.59. The molecule has 9 N–H and O–H groups in total. The lowest BCUT2D eigenvalue weighted by molar-refractivity contribution is -0.170. The molecule has 1 unspecified atom stereocenters. The molecule has 5 amide bonds. The number of esters is 1. The summed E-state index contributed by atoms with van der Waals surface area (Å²) in [7, 11) is 1.21. The van der Waals surface area contributed by atoms with Crippen LogP contribution in [0.1, 0.15) is 104 Å². The topological polar surface area (TPSA) is 296 Å². The number of unbranched alkanes of at least 4 members (excludes halogenated alkanes) is 8. The van der Waals surface area contributed by atoms with Gasteiger partial charge in [0.1, 0.15) is 24.7 Å². The minimum Gasteiger partial charge on any atom is -0.481 e. The maximum absolute atomic E-state index is 13.3. The van der Waals surface area contributed by atoms with Gasteiger partial charge in [-0.1, -0.05) is 57.8 Å². The molecule has 0 radical (unpaired) electrons. The van der Waals surface area contributed by atoms with E-state index in [4.69, 9.17) is 14.6 Å². The first-order valence-corrected chi connectivity index (χ1v) is 20.0. The smallest absolute Gasteiger partial charge is 0.336 e. The number of carboxylic acids is 2. The second-order valence-electron chi connectivity index (χ2n) is 14.3. The van der Waals surface area contributed by atoms with Crippen LogP contribution in [0.3, 0.4) is 0 Å². The maximum Gasteiger partial charge on any atom is 0.336 e. The van der Waals surface area contributed by atoms with E-state index in [0.29, 0.717) is 19.3 Å². The molecule has 0 aromatic carbocycles. The Morgan fingerprint density at radius 2 is 1.44 bits per heavy atom. The number of cyclic esters (lactones) is 1. The normalized spacial score (nSPS) is 21.0. The number of hydrogen-bond acceptors (Lipinski definition) is 12. The van der Waals surface area contributed by atoms with E-state index < -0.39 is 109 Å². The van der Waals surface area contributed by atoms with Crippen molar-refractivity contribution in [2.45, 2.75) is 134 Å². The van der Waals surface area contributed by atoms with Crippen LogP contribution in [-0.2, 0) is 47.8 Å². The van der Waals surface area contributed by atoms with Crippen LogP contribution in [0.25, 0.3) is 0 Å². The molecule has 59 heavy (non-hydrogen) atoms. The number of ether oxygens (including phenoxy) is 2. The minimum absolute atomic E-state index is 0.124. The van der Waals surface area contributed by atoms with Crippen LogP contribution in [-0.4, -0.2) is 125 Å². The number of amides is 5. The molecule has 0 aromatic rings. The van der Waals surface area contributed by atoms with Crippen molar-refractivity contribution in [2.75, 3.05) is 26.9 Å². The summed E-state index contributed by atoms with van der Waals surface area (Å²) in [6.07, 6.45) is 17.5. The third-order valence-corrected chi connectivity index (χ3v) is 9.71. The van der Waals surface area contributed by atoms with Crippen molar-refractivity contribution in [3.63, 3.8) is 0 Å². The number of nitrogens with one attached hydrogen (secondary N) is 5. The number of hydrogen-bond donors (Lipinski definition) is 9. The van der Waals surface area contributed by atoms with Gasteiger partial charge in [-0.3, -0.25) is 28.8 Å². The van der Waals surface area contributed by atoms with Gasteiger partial charge in [-0.25, -0.2) is 9.59 Å². The van der Waals surface area contributed by atoms with Gasteiger partial charge in [0.05, 0.1) is 13.0 Å². The monoisotopic (exact) mass is 837 g/mol. The summed E-state index contributed by atoms with van der Waals surface area (Å²) in [5, 5.41) is 49.6. The van der Waals surface area contributed by atoms with Gasteiger partial charge in [-0.2, -0.15) is 0 Å². The summed E-state index contributed by atoms with van der Waals surface area (Å²) < 4.78 is 10.2. The molecule has 0 spiro atoms. The largest absolute Gasteiger partial charge is 0.481 e. The highest BCUT2D eigenvalue weighted by atomic mass is 16.5. The molecule has 1 saturated heterocycles. The van der Waals surface area contributed by atoms with E-state index in [1.54, 1.807) is 19.9 Å². The van der Waals surface area contributed by atoms with Crippen molar-refractivity contribution >= 4 is 47.4 Å². The van der Waals surface area contributed by atoms with Crippen LogP contribution in [0.15, 0.2) is 36.6 Å². The number of carbonyl (C=O) groups excluding carboxylic acids is 6. The Bertz CT molecular complexity index is 1480. The number of aliphatic hydroxyl groups excluding tert-OH is 2. The number of carbonyl (C=O) groups is 8. The van der Waals surface area contributed by atoms with Gasteiger partial charge in [0.2, 0.25) is 29.5 Å². The zero-order chi connectivity index (χ0) is 44.2. The molecule has 0 aliphatic carbocycles. The summed E-state index contributed by atoms with van der Waals surface area (Å²) in [5.41, 5.74) is -1.70. The molecule has 1 aliphatic heterocycles. The number of rotatable bonds is 26. The van der Waals surface area contributed by atoms with Crippen LogP contribution in [0, 0.1) is 5.92 Å². The maximum atomic E-state index is 13.3. The number of allylic oxidation sites excluding steroid dienone is 3. The second-order valence-corrected chi connectivity index (χ2v) is 14.3. The predicted octanol–water partition coefficient (Wildman–Crippen LogP) is 0.881. The van der Waals surface area contributed by atoms with E-state index in [-0.39, 0.29) is 12.8 Å². The average molecular weight is 838 g/mol. The van der Waals surface area contributed by atoms with Crippen molar-refractivity contribution < 1.29 is 68.3 Å². The molecule has 1 heterocycles. The Hall–Kier alpha value is -5.14. The van der Waals surface area contributed by atoms with Crippen molar-refractivity contribution in [2.24, 2.45) is 5.92 Å². The van der Waals surface area contributed by atoms with Crippen LogP contribution in [0.4, 0.5) is 0 Å². The van der Waals surface area contributed by atoms with E-state index in [0.717, 1.165) is 63.6 Å². The highest BCUT2D eigenvalue weighted by molar-refractivity contribution is 5.97. The van der Waals surface area contributed by atoms with Gasteiger partial charge in [0.25, 0.3) is 0 Å². The van der Waals surface area contributed by atoms with E-state index in [2.05, 4.69) is 32.7 Å². The Morgan fingerprint density at radius 1 is 0.831 bits per heavy atom. The van der Waals surface area contributed by atoms with E-state index in [1.165, 1.54) is 13.2 Å². The van der Waals surface area contributed by atoms with Gasteiger partial charge >= 0.3 is 17.9 Å². The number of methoxy groups -OCH3 is 1. The fraction of sp³-hybridized carbons (Fsp3) is 0.650. The molecule has 19 heteroatoms. The van der Waals surface area contributed by atoms with Gasteiger partial charge in [-0.15, -0.1) is 0 Å². The quantitative estimate of drug-likeness (QED) is 0.0253. The summed E-state index contributed by atoms with van der Waals surface area (Å²) in [6.45, 7) is 1.38. The standard InChI is InChI=1S/C40H63N5O14/c1-4-27(2)34-37(54)43-28(20-23-46)35(52)44-29(25-47)38(55)59-26-30(36(53)45-34)42-32(49)19-22-41-31(48)18-16-14-12-10-8-6-5-7-9-11-13-15-17-21-40(58-3,39(56)57)24-33(50)51/h9,11,16,18-19,22,27-30,34,46-47H,4-8,10,12-15,17,20-21,23-26H2,1-3H3,(H,41,48)(H,42,49)(H,43,54)(H,44,52)(H,45,53)(H,50,51)(H,56,57)/b11-9-,18-16-,22-19+/t27-,28+,29+,30+,34-,40?/m1/s1. The predicted molar refractivity (Wildman–Crippen MR) is 213 cm³/mol. The van der Waals surface area contributed by atoms with E-state index in [1.807, 2.05) is 6.08 Å². The number of carboxylic acid groups (broad SMARTS) is 2. The molecule has 19 nitrogen and oxygen atoms in total. The first kappa shape index (κ1) is 51.9. The van der Waals surface area contributed by atoms with Crippen LogP contribution in [0.5, 0.6) is 0 Å². The zero-order valence-corrected chi connectivity index (χ0v) is 34.2. The Labute approximate surface area is 344 Å². The van der Waals surface area contributed by atoms with Crippen molar-refractivity contribution in [1.82, 2.24) is 26.6 Å². The molecule has 1 fully saturated rings. The Morgan fingerprint density at radius 3 is 2.02 bits per heavy atom. The number of aliphatic hydroxyl groups is 2. The molecule has 332 valence electrons. The third kappa shape index (κ3) is 20.4. The van der Waals surface area contributed by atoms with Crippen molar-refractivity contribution in [1.29, 1.82) is 0 Å². The van der Waals surface area contributed by atoms with Gasteiger partial charge in [-0.05, 0) is 69.8 Å². The first-order chi connectivity index (χ1) is 28.1. The zero-order valence-electron chi connectivity index (χ0n) is 34.2. The molecule has 6 atom stereocenters. The van der Waals surface area contributed by atoms with Gasteiger partial charge in [0, 0.05) is 26.0 Å². The summed E-state index contributed by atoms with van der Waals surface area (Å²) >= 11 is 0. The molecular weight excluding hydrogens is 774 g/mol. The minimum atomic E-state index is -1.70. The summed E-state index contributed by atoms with van der Waals surface area (Å²) in [4.78, 5) is 99.5. The summed E-state index contributed by atoms with van der Waals surface area (Å²) in [5.74, 6) is -7.86. The summed E-state index contributed by atoms with van der Waals surface area (Å²) in [6, 6.07) is -5.53. The second kappa shape index (κ2) is 29.1. The Balaban J connectivity index is 2.52. The van der Waals surface area contributed by atoms with E-state index >= 15 is 0 Å². The lowest BCUT2D eigenvalue weighted by atomic mass is 9.92. The molecule has 0 bridgehead atoms. The van der Waals surface area contributed by atoms with Crippen LogP contribution in [0.2, 0.25) is 0 Å². The molecule has 0 saturated carbocycles. The van der Waals surface area contributed by atoms with Gasteiger partial charge in [0.15, 0.2) is 11.6 Å². The highest BCUT2D eigenvalue weighted by Crippen LogP contribution is 2.24. The lowest BCUT2D eigenvalue weighted by Gasteiger charge is -2.27. The fourth-order valence-corrected chi connectivity index (χ4v) is 5.91. The average Bonchev–Trinajstić information content (AvgIpc) is 3.20. The third-order valence-electron chi connectivity index (χ3n) is 9.71. The van der Waals surface area contributed by atoms with Crippen molar-refractivity contribution in [3.8, 4) is 0 Å². The SMILES string of the molecule is CC[C@@H](C)[C@H]1NC(=O)[C@@H](NC(=O)/C=C/NC(=O)/C=C\CCCCCCC/C=C\CCCCC(CC(=O)O)(OC)C(=O)O)COC(=O)[C@H](CO)NC(=O)[C@H](CCO)NC1=O. The van der Waals surface area contributed by atoms with Crippen molar-refractivity contribution in [3.05, 3.63) is 36.6 Å².